The minimum atomic E-state index is -0.466. The summed E-state index contributed by atoms with van der Waals surface area (Å²) in [4.78, 5) is 57.4. The molecule has 0 aromatic heterocycles. The van der Waals surface area contributed by atoms with Gasteiger partial charge in [0.2, 0.25) is 23.1 Å². The molecule has 0 bridgehead atoms. The number of ketones is 4. The molecule has 2 aliphatic carbocycles. The third-order valence-corrected chi connectivity index (χ3v) is 13.5. The Hall–Kier alpha value is -0.960. The van der Waals surface area contributed by atoms with Gasteiger partial charge in [0.05, 0.1) is 9.16 Å². The topological polar surface area (TPSA) is 68.3 Å². The summed E-state index contributed by atoms with van der Waals surface area (Å²) in [6, 6.07) is 0. The summed E-state index contributed by atoms with van der Waals surface area (Å²) in [5, 5.41) is 0. The first kappa shape index (κ1) is 30.0. The molecule has 4 rings (SSSR count). The van der Waals surface area contributed by atoms with Gasteiger partial charge in [0.25, 0.3) is 0 Å². The van der Waals surface area contributed by atoms with Crippen LogP contribution >= 0.6 is 47.0 Å². The second-order valence-electron chi connectivity index (χ2n) is 14.3. The zero-order valence-electron chi connectivity index (χ0n) is 24.4. The van der Waals surface area contributed by atoms with E-state index in [0.717, 1.165) is 19.6 Å². The van der Waals surface area contributed by atoms with Crippen molar-refractivity contribution in [2.45, 2.75) is 92.2 Å². The van der Waals surface area contributed by atoms with Crippen LogP contribution in [0.3, 0.4) is 0 Å². The molecule has 0 radical (unpaired) electrons. The van der Waals surface area contributed by atoms with Crippen molar-refractivity contribution in [3.8, 4) is 0 Å². The molecule has 0 N–H and O–H groups in total. The lowest BCUT2D eigenvalue weighted by Gasteiger charge is -2.32. The van der Waals surface area contributed by atoms with Crippen molar-refractivity contribution in [3.63, 3.8) is 0 Å². The number of rotatable bonds is 1. The highest BCUT2D eigenvalue weighted by Gasteiger charge is 2.52. The van der Waals surface area contributed by atoms with E-state index >= 15 is 0 Å². The molecule has 0 saturated carbocycles. The first-order valence-electron chi connectivity index (χ1n) is 12.9. The predicted molar refractivity (Wildman–Crippen MR) is 164 cm³/mol. The standard InChI is InChI=1S/C30H38O4S4/c1-27(2,3)13-17(31)18(32)14(28(4,5)6)22-21(13)35-25(36-22)26-37-23-15(29(7,8)9)19(33)20(34)16(24(23)38-26)30(10,11)12/h25-26H,1-12H3. The lowest BCUT2D eigenvalue weighted by atomic mass is 9.73. The molecule has 0 amide bonds. The molecular formula is C30H38O4S4. The van der Waals surface area contributed by atoms with Gasteiger partial charge in [-0.1, -0.05) is 83.1 Å². The lowest BCUT2D eigenvalue weighted by molar-refractivity contribution is -0.133. The summed E-state index contributed by atoms with van der Waals surface area (Å²) in [7, 11) is 0. The molecule has 4 aliphatic rings. The van der Waals surface area contributed by atoms with Gasteiger partial charge in [0.15, 0.2) is 0 Å². The number of carbonyl (C=O) groups is 4. The van der Waals surface area contributed by atoms with Crippen molar-refractivity contribution in [1.29, 1.82) is 0 Å². The normalized spacial score (nSPS) is 22.9. The van der Waals surface area contributed by atoms with Crippen LogP contribution < -0.4 is 0 Å². The number of carbonyl (C=O) groups excluding carboxylic acids is 4. The molecule has 2 saturated heterocycles. The van der Waals surface area contributed by atoms with Crippen molar-refractivity contribution in [2.75, 3.05) is 0 Å². The molecule has 0 spiro atoms. The maximum Gasteiger partial charge on any atom is 0.230 e. The second kappa shape index (κ2) is 9.28. The van der Waals surface area contributed by atoms with E-state index in [0.29, 0.717) is 22.3 Å². The largest absolute Gasteiger partial charge is 0.285 e. The third-order valence-electron chi connectivity index (χ3n) is 6.80. The first-order valence-corrected chi connectivity index (χ1v) is 16.4. The Bertz CT molecular complexity index is 1110. The molecule has 0 atom stereocenters. The Morgan fingerprint density at radius 3 is 0.658 bits per heavy atom. The van der Waals surface area contributed by atoms with Crippen molar-refractivity contribution >= 4 is 70.2 Å². The van der Waals surface area contributed by atoms with Gasteiger partial charge in [-0.25, -0.2) is 0 Å². The van der Waals surface area contributed by atoms with E-state index < -0.39 is 21.7 Å². The predicted octanol–water partition coefficient (Wildman–Crippen LogP) is 8.10. The van der Waals surface area contributed by atoms with Crippen LogP contribution in [0.25, 0.3) is 0 Å². The minimum absolute atomic E-state index is 0.0154. The molecule has 0 unspecified atom stereocenters. The smallest absolute Gasteiger partial charge is 0.230 e. The third kappa shape index (κ3) is 4.90. The number of hydrogen-bond acceptors (Lipinski definition) is 8. The van der Waals surface area contributed by atoms with Crippen molar-refractivity contribution < 1.29 is 19.2 Å². The van der Waals surface area contributed by atoms with E-state index in [-0.39, 0.29) is 32.3 Å². The highest BCUT2D eigenvalue weighted by Crippen LogP contribution is 2.67. The number of fused-ring (bicyclic) bond motifs is 2. The van der Waals surface area contributed by atoms with Crippen LogP contribution in [0.15, 0.2) is 41.9 Å². The Balaban J connectivity index is 1.89. The molecule has 2 aliphatic heterocycles. The van der Waals surface area contributed by atoms with E-state index in [2.05, 4.69) is 0 Å². The van der Waals surface area contributed by atoms with Crippen LogP contribution in [-0.4, -0.2) is 32.3 Å². The fraction of sp³-hybridized carbons (Fsp3) is 0.600. The summed E-state index contributed by atoms with van der Waals surface area (Å²) in [5.74, 6) is -1.55. The van der Waals surface area contributed by atoms with Crippen LogP contribution in [0.4, 0.5) is 0 Å². The molecular weight excluding hydrogens is 553 g/mol. The number of thioether (sulfide) groups is 4. The highest BCUT2D eigenvalue weighted by molar-refractivity contribution is 8.31. The highest BCUT2D eigenvalue weighted by atomic mass is 32.2. The summed E-state index contributed by atoms with van der Waals surface area (Å²) in [5.41, 5.74) is 0.543. The van der Waals surface area contributed by atoms with Gasteiger partial charge in [0, 0.05) is 41.9 Å². The van der Waals surface area contributed by atoms with Gasteiger partial charge in [-0.2, -0.15) is 0 Å². The van der Waals surface area contributed by atoms with E-state index in [4.69, 9.17) is 0 Å². The summed E-state index contributed by atoms with van der Waals surface area (Å²) in [6.07, 6.45) is 0. The molecule has 0 aromatic carbocycles. The average Bonchev–Trinajstić information content (AvgIpc) is 3.29. The van der Waals surface area contributed by atoms with E-state index in [9.17, 15) is 19.2 Å². The maximum absolute atomic E-state index is 13.4. The van der Waals surface area contributed by atoms with Crippen molar-refractivity contribution in [3.05, 3.63) is 41.9 Å². The molecule has 2 heterocycles. The van der Waals surface area contributed by atoms with Crippen LogP contribution in [0, 0.1) is 21.7 Å². The van der Waals surface area contributed by atoms with Crippen LogP contribution in [0.5, 0.6) is 0 Å². The van der Waals surface area contributed by atoms with E-state index in [1.807, 2.05) is 83.1 Å². The fourth-order valence-corrected chi connectivity index (χ4v) is 13.0. The minimum Gasteiger partial charge on any atom is -0.285 e. The van der Waals surface area contributed by atoms with Crippen molar-refractivity contribution in [2.24, 2.45) is 21.7 Å². The summed E-state index contributed by atoms with van der Waals surface area (Å²) < 4.78 is 0.0308. The SMILES string of the molecule is CC(C)(C)C1=C2SC(C3SC4=C(C(C)(C)C)C(=O)C(=O)C(C(C)(C)C)=C4S3)SC2=C(C(C)(C)C)C(=O)C1=O. The number of allylic oxidation sites excluding steroid dienone is 4. The first-order chi connectivity index (χ1) is 17.1. The maximum atomic E-state index is 13.4. The van der Waals surface area contributed by atoms with Crippen LogP contribution in [0.2, 0.25) is 0 Å². The molecule has 38 heavy (non-hydrogen) atoms. The van der Waals surface area contributed by atoms with Crippen LogP contribution in [0.1, 0.15) is 83.1 Å². The quantitative estimate of drug-likeness (QED) is 0.224. The molecule has 206 valence electrons. The van der Waals surface area contributed by atoms with Crippen molar-refractivity contribution in [1.82, 2.24) is 0 Å². The molecule has 0 aromatic rings. The molecule has 2 fully saturated rings. The van der Waals surface area contributed by atoms with Gasteiger partial charge in [0.1, 0.15) is 0 Å². The molecule has 8 heteroatoms. The molecule has 4 nitrogen and oxygen atoms in total. The van der Waals surface area contributed by atoms with Gasteiger partial charge >= 0.3 is 0 Å². The summed E-state index contributed by atoms with van der Waals surface area (Å²) >= 11 is 6.69. The van der Waals surface area contributed by atoms with Gasteiger partial charge in [-0.15, -0.1) is 47.0 Å². The van der Waals surface area contributed by atoms with E-state index in [1.54, 1.807) is 47.0 Å². The second-order valence-corrected chi connectivity index (χ2v) is 19.5. The van der Waals surface area contributed by atoms with Gasteiger partial charge in [-0.05, 0) is 21.7 Å². The fourth-order valence-electron chi connectivity index (χ4n) is 5.23. The number of Topliss-reactive ketones (excluding diaryl/α,β-unsaturated/α-hetero) is 4. The Labute approximate surface area is 244 Å². The average molecular weight is 591 g/mol. The summed E-state index contributed by atoms with van der Waals surface area (Å²) in [6.45, 7) is 23.9. The zero-order chi connectivity index (χ0) is 28.9. The monoisotopic (exact) mass is 590 g/mol. The zero-order valence-corrected chi connectivity index (χ0v) is 27.7. The Morgan fingerprint density at radius 1 is 0.368 bits per heavy atom. The number of hydrogen-bond donors (Lipinski definition) is 0. The van der Waals surface area contributed by atoms with Gasteiger partial charge < -0.3 is 0 Å². The Kier molecular flexibility index (Phi) is 7.33. The van der Waals surface area contributed by atoms with E-state index in [1.165, 1.54) is 0 Å². The van der Waals surface area contributed by atoms with Gasteiger partial charge in [-0.3, -0.25) is 19.2 Å². The lowest BCUT2D eigenvalue weighted by Crippen LogP contribution is -2.34. The Morgan fingerprint density at radius 2 is 0.526 bits per heavy atom. The van der Waals surface area contributed by atoms with Crippen LogP contribution in [-0.2, 0) is 19.2 Å².